The molecule has 0 aromatic heterocycles. The van der Waals surface area contributed by atoms with Crippen molar-refractivity contribution in [2.75, 3.05) is 18.0 Å². The highest BCUT2D eigenvalue weighted by atomic mass is 35.5. The summed E-state index contributed by atoms with van der Waals surface area (Å²) in [7, 11) is 0. The second-order valence-corrected chi connectivity index (χ2v) is 6.01. The third kappa shape index (κ3) is 3.14. The van der Waals surface area contributed by atoms with E-state index in [1.54, 1.807) is 12.1 Å². The van der Waals surface area contributed by atoms with Gasteiger partial charge in [-0.25, -0.2) is 0 Å². The maximum Gasteiger partial charge on any atom is 0.309 e. The van der Waals surface area contributed by atoms with Gasteiger partial charge >= 0.3 is 5.97 Å². The second kappa shape index (κ2) is 6.36. The molecule has 1 saturated heterocycles. The molecule has 0 aliphatic carbocycles. The minimum absolute atomic E-state index is 0.443. The molecule has 112 valence electrons. The normalized spacial score (nSPS) is 17.3. The van der Waals surface area contributed by atoms with Crippen LogP contribution >= 0.6 is 11.6 Å². The molecular formula is C16H19ClN2O2. The number of hydrogen-bond donors (Lipinski definition) is 1. The molecular weight excluding hydrogens is 288 g/mol. The number of rotatable bonds is 4. The van der Waals surface area contributed by atoms with Gasteiger partial charge in [-0.1, -0.05) is 24.9 Å². The lowest BCUT2D eigenvalue weighted by Gasteiger charge is -2.40. The number of hydrogen-bond acceptors (Lipinski definition) is 3. The fraction of sp³-hybridized carbons (Fsp3) is 0.500. The molecule has 0 spiro atoms. The lowest BCUT2D eigenvalue weighted by atomic mass is 9.75. The minimum atomic E-state index is -0.679. The van der Waals surface area contributed by atoms with E-state index in [1.807, 2.05) is 19.1 Å². The first kappa shape index (κ1) is 15.7. The van der Waals surface area contributed by atoms with Crippen LogP contribution in [0.5, 0.6) is 0 Å². The molecule has 2 rings (SSSR count). The Hall–Kier alpha value is -1.73. The predicted octanol–water partition coefficient (Wildman–Crippen LogP) is 3.68. The Morgan fingerprint density at radius 1 is 1.48 bits per heavy atom. The van der Waals surface area contributed by atoms with Crippen LogP contribution in [0.1, 0.15) is 38.2 Å². The molecule has 1 aliphatic rings. The lowest BCUT2D eigenvalue weighted by Crippen LogP contribution is -2.44. The summed E-state index contributed by atoms with van der Waals surface area (Å²) in [6, 6.07) is 7.41. The zero-order chi connectivity index (χ0) is 15.5. The van der Waals surface area contributed by atoms with Crippen molar-refractivity contribution < 1.29 is 9.90 Å². The highest BCUT2D eigenvalue weighted by molar-refractivity contribution is 6.32. The maximum absolute atomic E-state index is 11.6. The summed E-state index contributed by atoms with van der Waals surface area (Å²) in [5, 5.41) is 18.9. The average Bonchev–Trinajstić information content (AvgIpc) is 2.48. The highest BCUT2D eigenvalue weighted by Gasteiger charge is 2.40. The first-order valence-corrected chi connectivity index (χ1v) is 7.58. The van der Waals surface area contributed by atoms with Crippen LogP contribution in [0.25, 0.3) is 0 Å². The van der Waals surface area contributed by atoms with Crippen molar-refractivity contribution in [3.63, 3.8) is 0 Å². The number of nitriles is 1. The van der Waals surface area contributed by atoms with Crippen molar-refractivity contribution in [3.8, 4) is 6.07 Å². The van der Waals surface area contributed by atoms with Crippen LogP contribution in [0, 0.1) is 16.7 Å². The first-order valence-electron chi connectivity index (χ1n) is 7.20. The fourth-order valence-electron chi connectivity index (χ4n) is 3.03. The van der Waals surface area contributed by atoms with Gasteiger partial charge in [-0.15, -0.1) is 0 Å². The molecule has 4 nitrogen and oxygen atoms in total. The van der Waals surface area contributed by atoms with Crippen molar-refractivity contribution in [3.05, 3.63) is 28.8 Å². The zero-order valence-electron chi connectivity index (χ0n) is 12.1. The standard InChI is InChI=1S/C16H19ClN2O2/c1-2-5-16(15(20)21)6-8-19(9-7-16)13-4-3-12(11-18)14(17)10-13/h3-4,10H,2,5-9H2,1H3,(H,20,21). The molecule has 0 radical (unpaired) electrons. The van der Waals surface area contributed by atoms with Crippen molar-refractivity contribution in [1.82, 2.24) is 0 Å². The summed E-state index contributed by atoms with van der Waals surface area (Å²) in [5.74, 6) is -0.679. The quantitative estimate of drug-likeness (QED) is 0.921. The van der Waals surface area contributed by atoms with Crippen LogP contribution in [0.2, 0.25) is 5.02 Å². The van der Waals surface area contributed by atoms with E-state index in [0.29, 0.717) is 36.5 Å². The molecule has 1 fully saturated rings. The molecule has 0 atom stereocenters. The van der Waals surface area contributed by atoms with E-state index in [4.69, 9.17) is 16.9 Å². The maximum atomic E-state index is 11.6. The number of piperidine rings is 1. The van der Waals surface area contributed by atoms with Gasteiger partial charge in [0, 0.05) is 18.8 Å². The molecule has 21 heavy (non-hydrogen) atoms. The topological polar surface area (TPSA) is 64.3 Å². The van der Waals surface area contributed by atoms with Crippen molar-refractivity contribution in [2.45, 2.75) is 32.6 Å². The Kier molecular flexibility index (Phi) is 4.74. The van der Waals surface area contributed by atoms with Crippen LogP contribution in [-0.2, 0) is 4.79 Å². The number of nitrogens with zero attached hydrogens (tertiary/aromatic N) is 2. The number of carboxylic acid groups (broad SMARTS) is 1. The van der Waals surface area contributed by atoms with Crippen LogP contribution in [0.3, 0.4) is 0 Å². The third-order valence-electron chi connectivity index (χ3n) is 4.34. The van der Waals surface area contributed by atoms with Crippen LogP contribution in [0.4, 0.5) is 5.69 Å². The number of anilines is 1. The molecule has 1 aromatic rings. The summed E-state index contributed by atoms with van der Waals surface area (Å²) in [6.45, 7) is 3.43. The van der Waals surface area contributed by atoms with E-state index >= 15 is 0 Å². The van der Waals surface area contributed by atoms with Gasteiger partial charge in [-0.2, -0.15) is 5.26 Å². The van der Waals surface area contributed by atoms with Gasteiger partial charge in [0.1, 0.15) is 6.07 Å². The molecule has 1 aliphatic heterocycles. The monoisotopic (exact) mass is 306 g/mol. The van der Waals surface area contributed by atoms with Gasteiger partial charge in [0.05, 0.1) is 16.0 Å². The van der Waals surface area contributed by atoms with E-state index in [2.05, 4.69) is 4.90 Å². The van der Waals surface area contributed by atoms with E-state index in [-0.39, 0.29) is 0 Å². The van der Waals surface area contributed by atoms with Crippen molar-refractivity contribution in [2.24, 2.45) is 5.41 Å². The molecule has 0 unspecified atom stereocenters. The Balaban J connectivity index is 2.12. The molecule has 5 heteroatoms. The average molecular weight is 307 g/mol. The van der Waals surface area contributed by atoms with Crippen LogP contribution in [-0.4, -0.2) is 24.2 Å². The Morgan fingerprint density at radius 3 is 2.62 bits per heavy atom. The van der Waals surface area contributed by atoms with Gasteiger partial charge in [-0.05, 0) is 37.5 Å². The SMILES string of the molecule is CCCC1(C(=O)O)CCN(c2ccc(C#N)c(Cl)c2)CC1. The van der Waals surface area contributed by atoms with Gasteiger partial charge in [0.2, 0.25) is 0 Å². The highest BCUT2D eigenvalue weighted by Crippen LogP contribution is 2.38. The Bertz CT molecular complexity index is 572. The van der Waals surface area contributed by atoms with E-state index < -0.39 is 11.4 Å². The first-order chi connectivity index (χ1) is 10.0. The van der Waals surface area contributed by atoms with E-state index in [1.165, 1.54) is 0 Å². The lowest BCUT2D eigenvalue weighted by molar-refractivity contribution is -0.150. The smallest absolute Gasteiger partial charge is 0.309 e. The second-order valence-electron chi connectivity index (χ2n) is 5.60. The fourth-order valence-corrected chi connectivity index (χ4v) is 3.25. The molecule has 1 aromatic carbocycles. The number of halogens is 1. The third-order valence-corrected chi connectivity index (χ3v) is 4.65. The Morgan fingerprint density at radius 2 is 2.14 bits per heavy atom. The molecule has 1 heterocycles. The van der Waals surface area contributed by atoms with Crippen LogP contribution < -0.4 is 4.90 Å². The summed E-state index contributed by atoms with van der Waals surface area (Å²) in [4.78, 5) is 13.7. The molecule has 1 N–H and O–H groups in total. The summed E-state index contributed by atoms with van der Waals surface area (Å²) >= 11 is 6.06. The van der Waals surface area contributed by atoms with Gasteiger partial charge < -0.3 is 10.0 Å². The van der Waals surface area contributed by atoms with Gasteiger partial charge in [0.25, 0.3) is 0 Å². The molecule has 0 saturated carbocycles. The minimum Gasteiger partial charge on any atom is -0.481 e. The van der Waals surface area contributed by atoms with Gasteiger partial charge in [-0.3, -0.25) is 4.79 Å². The predicted molar refractivity (Wildman–Crippen MR) is 82.6 cm³/mol. The largest absolute Gasteiger partial charge is 0.481 e. The Labute approximate surface area is 129 Å². The van der Waals surface area contributed by atoms with Gasteiger partial charge in [0.15, 0.2) is 0 Å². The summed E-state index contributed by atoms with van der Waals surface area (Å²) < 4.78 is 0. The van der Waals surface area contributed by atoms with Crippen molar-refractivity contribution >= 4 is 23.3 Å². The zero-order valence-corrected chi connectivity index (χ0v) is 12.9. The summed E-state index contributed by atoms with van der Waals surface area (Å²) in [6.07, 6.45) is 2.90. The summed E-state index contributed by atoms with van der Waals surface area (Å²) in [5.41, 5.74) is 0.833. The number of benzene rings is 1. The molecule has 0 amide bonds. The van der Waals surface area contributed by atoms with Crippen LogP contribution in [0.15, 0.2) is 18.2 Å². The van der Waals surface area contributed by atoms with Crippen molar-refractivity contribution in [1.29, 1.82) is 5.26 Å². The number of carbonyl (C=O) groups is 1. The number of carboxylic acids is 1. The number of aliphatic carboxylic acids is 1. The van der Waals surface area contributed by atoms with E-state index in [0.717, 1.165) is 18.5 Å². The van der Waals surface area contributed by atoms with E-state index in [9.17, 15) is 9.90 Å². The molecule has 0 bridgehead atoms.